The molecule has 0 aliphatic heterocycles. The van der Waals surface area contributed by atoms with Crippen molar-refractivity contribution in [3.05, 3.63) is 24.2 Å². The molecule has 0 amide bonds. The SMILES string of the molecule is COCc1noc(-c2ccc(N)nc2)n1. The molecule has 78 valence electrons. The fraction of sp³-hybridized carbons (Fsp3) is 0.222. The Morgan fingerprint density at radius 3 is 3.00 bits per heavy atom. The molecule has 0 radical (unpaired) electrons. The topological polar surface area (TPSA) is 87.1 Å². The van der Waals surface area contributed by atoms with E-state index in [-0.39, 0.29) is 0 Å². The van der Waals surface area contributed by atoms with E-state index in [0.29, 0.717) is 24.1 Å². The number of anilines is 1. The molecule has 0 fully saturated rings. The minimum absolute atomic E-state index is 0.325. The van der Waals surface area contributed by atoms with Gasteiger partial charge in [0.15, 0.2) is 5.82 Å². The Balaban J connectivity index is 2.25. The van der Waals surface area contributed by atoms with Crippen molar-refractivity contribution in [2.24, 2.45) is 0 Å². The van der Waals surface area contributed by atoms with Gasteiger partial charge in [-0.05, 0) is 12.1 Å². The van der Waals surface area contributed by atoms with Crippen LogP contribution >= 0.6 is 0 Å². The number of nitrogens with zero attached hydrogens (tertiary/aromatic N) is 3. The number of methoxy groups -OCH3 is 1. The first-order valence-electron chi connectivity index (χ1n) is 4.33. The molecule has 2 aromatic rings. The summed E-state index contributed by atoms with van der Waals surface area (Å²) >= 11 is 0. The average Bonchev–Trinajstić information content (AvgIpc) is 2.68. The van der Waals surface area contributed by atoms with Crippen molar-refractivity contribution in [1.29, 1.82) is 0 Å². The molecule has 0 saturated carbocycles. The molecule has 6 heteroatoms. The third-order valence-corrected chi connectivity index (χ3v) is 1.77. The number of hydrogen-bond acceptors (Lipinski definition) is 6. The van der Waals surface area contributed by atoms with Crippen molar-refractivity contribution in [2.75, 3.05) is 12.8 Å². The van der Waals surface area contributed by atoms with Gasteiger partial charge in [0.25, 0.3) is 5.89 Å². The lowest BCUT2D eigenvalue weighted by atomic mass is 10.3. The van der Waals surface area contributed by atoms with Gasteiger partial charge >= 0.3 is 0 Å². The van der Waals surface area contributed by atoms with Crippen LogP contribution in [-0.2, 0) is 11.3 Å². The summed E-state index contributed by atoms with van der Waals surface area (Å²) in [6.07, 6.45) is 1.58. The van der Waals surface area contributed by atoms with Gasteiger partial charge in [-0.25, -0.2) is 4.98 Å². The first-order valence-corrected chi connectivity index (χ1v) is 4.33. The Bertz CT molecular complexity index is 438. The van der Waals surface area contributed by atoms with Gasteiger partial charge < -0.3 is 15.0 Å². The number of rotatable bonds is 3. The largest absolute Gasteiger partial charge is 0.384 e. The number of ether oxygens (including phenoxy) is 1. The molecule has 2 aromatic heterocycles. The summed E-state index contributed by atoms with van der Waals surface area (Å²) in [5, 5.41) is 3.73. The molecule has 0 aromatic carbocycles. The van der Waals surface area contributed by atoms with Gasteiger partial charge in [0, 0.05) is 13.3 Å². The number of hydrogen-bond donors (Lipinski definition) is 1. The molecule has 0 unspecified atom stereocenters. The first-order chi connectivity index (χ1) is 7.29. The monoisotopic (exact) mass is 206 g/mol. The van der Waals surface area contributed by atoms with E-state index in [4.69, 9.17) is 15.0 Å². The van der Waals surface area contributed by atoms with E-state index in [1.165, 1.54) is 0 Å². The van der Waals surface area contributed by atoms with Crippen molar-refractivity contribution in [3.8, 4) is 11.5 Å². The number of nitrogen functional groups attached to an aromatic ring is 1. The van der Waals surface area contributed by atoms with E-state index in [1.54, 1.807) is 25.4 Å². The van der Waals surface area contributed by atoms with Crippen molar-refractivity contribution >= 4 is 5.82 Å². The molecule has 15 heavy (non-hydrogen) atoms. The van der Waals surface area contributed by atoms with E-state index in [0.717, 1.165) is 5.56 Å². The number of pyridine rings is 1. The molecular formula is C9H10N4O2. The molecule has 2 heterocycles. The molecule has 0 aliphatic carbocycles. The van der Waals surface area contributed by atoms with Crippen LogP contribution in [0.1, 0.15) is 5.82 Å². The molecule has 2 rings (SSSR count). The van der Waals surface area contributed by atoms with Crippen molar-refractivity contribution in [2.45, 2.75) is 6.61 Å². The maximum atomic E-state index is 5.46. The van der Waals surface area contributed by atoms with Crippen molar-refractivity contribution < 1.29 is 9.26 Å². The van der Waals surface area contributed by atoms with Gasteiger partial charge in [-0.1, -0.05) is 5.16 Å². The highest BCUT2D eigenvalue weighted by Gasteiger charge is 2.08. The van der Waals surface area contributed by atoms with Gasteiger partial charge in [-0.15, -0.1) is 0 Å². The van der Waals surface area contributed by atoms with E-state index < -0.39 is 0 Å². The second-order valence-corrected chi connectivity index (χ2v) is 2.92. The third-order valence-electron chi connectivity index (χ3n) is 1.77. The predicted octanol–water partition coefficient (Wildman–Crippen LogP) is 0.860. The van der Waals surface area contributed by atoms with Gasteiger partial charge in [0.2, 0.25) is 0 Å². The fourth-order valence-corrected chi connectivity index (χ4v) is 1.09. The maximum absolute atomic E-state index is 5.46. The molecule has 0 atom stereocenters. The van der Waals surface area contributed by atoms with E-state index in [1.807, 2.05) is 0 Å². The summed E-state index contributed by atoms with van der Waals surface area (Å²) in [5.74, 6) is 1.37. The van der Waals surface area contributed by atoms with E-state index in [2.05, 4.69) is 15.1 Å². The van der Waals surface area contributed by atoms with Crippen LogP contribution in [0, 0.1) is 0 Å². The van der Waals surface area contributed by atoms with Crippen LogP contribution in [0.2, 0.25) is 0 Å². The molecule has 0 aliphatic rings. The predicted molar refractivity (Wildman–Crippen MR) is 52.7 cm³/mol. The van der Waals surface area contributed by atoms with Gasteiger partial charge in [-0.3, -0.25) is 0 Å². The van der Waals surface area contributed by atoms with Crippen LogP contribution in [0.5, 0.6) is 0 Å². The second kappa shape index (κ2) is 4.05. The minimum atomic E-state index is 0.325. The Labute approximate surface area is 86.1 Å². The smallest absolute Gasteiger partial charge is 0.259 e. The van der Waals surface area contributed by atoms with Crippen LogP contribution in [0.25, 0.3) is 11.5 Å². The van der Waals surface area contributed by atoms with Gasteiger partial charge in [-0.2, -0.15) is 4.98 Å². The Hall–Kier alpha value is -1.95. The Kier molecular flexibility index (Phi) is 2.59. The lowest BCUT2D eigenvalue weighted by molar-refractivity contribution is 0.174. The Morgan fingerprint density at radius 2 is 2.33 bits per heavy atom. The van der Waals surface area contributed by atoms with Gasteiger partial charge in [0.05, 0.1) is 5.56 Å². The zero-order valence-electron chi connectivity index (χ0n) is 8.17. The summed E-state index contributed by atoms with van der Waals surface area (Å²) in [7, 11) is 1.57. The van der Waals surface area contributed by atoms with Crippen LogP contribution in [-0.4, -0.2) is 22.2 Å². The lowest BCUT2D eigenvalue weighted by Crippen LogP contribution is -1.90. The normalized spacial score (nSPS) is 10.5. The highest BCUT2D eigenvalue weighted by atomic mass is 16.5. The summed E-state index contributed by atoms with van der Waals surface area (Å²) in [6.45, 7) is 0.325. The summed E-state index contributed by atoms with van der Waals surface area (Å²) < 4.78 is 9.90. The zero-order valence-corrected chi connectivity index (χ0v) is 8.17. The quantitative estimate of drug-likeness (QED) is 0.801. The third kappa shape index (κ3) is 2.10. The van der Waals surface area contributed by atoms with Crippen LogP contribution in [0.15, 0.2) is 22.9 Å². The molecule has 0 spiro atoms. The lowest BCUT2D eigenvalue weighted by Gasteiger charge is -1.93. The van der Waals surface area contributed by atoms with Crippen LogP contribution < -0.4 is 5.73 Å². The van der Waals surface area contributed by atoms with Crippen molar-refractivity contribution in [1.82, 2.24) is 15.1 Å². The molecule has 0 bridgehead atoms. The summed E-state index contributed by atoms with van der Waals surface area (Å²) in [4.78, 5) is 8.05. The molecule has 2 N–H and O–H groups in total. The van der Waals surface area contributed by atoms with Gasteiger partial charge in [0.1, 0.15) is 12.4 Å². The van der Waals surface area contributed by atoms with Crippen LogP contribution in [0.4, 0.5) is 5.82 Å². The summed E-state index contributed by atoms with van der Waals surface area (Å²) in [6, 6.07) is 3.45. The zero-order chi connectivity index (χ0) is 10.7. The van der Waals surface area contributed by atoms with E-state index >= 15 is 0 Å². The molecule has 0 saturated heterocycles. The molecule has 6 nitrogen and oxygen atoms in total. The highest BCUT2D eigenvalue weighted by molar-refractivity contribution is 5.53. The average molecular weight is 206 g/mol. The first kappa shape index (κ1) is 9.60. The Morgan fingerprint density at radius 1 is 1.47 bits per heavy atom. The molecular weight excluding hydrogens is 196 g/mol. The highest BCUT2D eigenvalue weighted by Crippen LogP contribution is 2.16. The maximum Gasteiger partial charge on any atom is 0.259 e. The summed E-state index contributed by atoms with van der Waals surface area (Å²) in [5.41, 5.74) is 6.20. The minimum Gasteiger partial charge on any atom is -0.384 e. The second-order valence-electron chi connectivity index (χ2n) is 2.92. The number of aromatic nitrogens is 3. The van der Waals surface area contributed by atoms with E-state index in [9.17, 15) is 0 Å². The standard InChI is InChI=1S/C9H10N4O2/c1-14-5-8-12-9(15-13-8)6-2-3-7(10)11-4-6/h2-4H,5H2,1H3,(H2,10,11). The number of nitrogens with two attached hydrogens (primary N) is 1. The fourth-order valence-electron chi connectivity index (χ4n) is 1.09. The van der Waals surface area contributed by atoms with Crippen LogP contribution in [0.3, 0.4) is 0 Å². The van der Waals surface area contributed by atoms with Crippen molar-refractivity contribution in [3.63, 3.8) is 0 Å².